The molecule has 0 aliphatic carbocycles. The van der Waals surface area contributed by atoms with Crippen LogP contribution in [0.3, 0.4) is 0 Å². The molecule has 0 aliphatic rings. The van der Waals surface area contributed by atoms with Crippen LogP contribution in [0.15, 0.2) is 34.8 Å². The minimum Gasteiger partial charge on any atom is -0.493 e. The van der Waals surface area contributed by atoms with Crippen molar-refractivity contribution in [2.75, 3.05) is 7.11 Å². The van der Waals surface area contributed by atoms with Gasteiger partial charge in [-0.3, -0.25) is 0 Å². The van der Waals surface area contributed by atoms with Crippen LogP contribution in [0.2, 0.25) is 10.0 Å². The molecule has 0 unspecified atom stereocenters. The number of hydrogen-bond donors (Lipinski definition) is 1. The minimum absolute atomic E-state index is 0.0218. The van der Waals surface area contributed by atoms with E-state index in [0.29, 0.717) is 28.2 Å². The molecule has 0 atom stereocenters. The summed E-state index contributed by atoms with van der Waals surface area (Å²) in [7, 11) is 1.65. The number of methoxy groups -OCH3 is 1. The number of ether oxygens (including phenoxy) is 2. The molecule has 0 bridgehead atoms. The maximum atomic E-state index is 6.09. The molecule has 0 spiro atoms. The van der Waals surface area contributed by atoms with Crippen molar-refractivity contribution in [3.8, 4) is 11.5 Å². The normalized spacial score (nSPS) is 12.2. The van der Waals surface area contributed by atoms with Crippen molar-refractivity contribution < 1.29 is 9.47 Å². The smallest absolute Gasteiger partial charge is 0.162 e. The van der Waals surface area contributed by atoms with Crippen molar-refractivity contribution >= 4 is 39.1 Å². The molecule has 0 radical (unpaired) electrons. The minimum atomic E-state index is 0.0218. The van der Waals surface area contributed by atoms with Crippen molar-refractivity contribution in [3.05, 3.63) is 56.0 Å². The van der Waals surface area contributed by atoms with Gasteiger partial charge in [-0.25, -0.2) is 0 Å². The highest BCUT2D eigenvalue weighted by molar-refractivity contribution is 9.10. The summed E-state index contributed by atoms with van der Waals surface area (Å²) in [6, 6.07) is 9.43. The fraction of sp³-hybridized carbons (Fsp3) is 0.478. The average Bonchev–Trinajstić information content (AvgIpc) is 2.59. The standard InChI is InChI=1S/C23H30BrCl2NO2/c1-22(2,3)14-23(4,5)27-12-16-10-20(28-6)21(11-17(16)24)29-13-15-7-8-18(25)19(26)9-15/h7-11,27H,12-14H2,1-6H3. The Morgan fingerprint density at radius 2 is 1.66 bits per heavy atom. The zero-order valence-electron chi connectivity index (χ0n) is 18.0. The number of halogens is 3. The molecule has 29 heavy (non-hydrogen) atoms. The highest BCUT2D eigenvalue weighted by Crippen LogP contribution is 2.35. The van der Waals surface area contributed by atoms with E-state index >= 15 is 0 Å². The van der Waals surface area contributed by atoms with Crippen LogP contribution in [-0.2, 0) is 13.2 Å². The van der Waals surface area contributed by atoms with Gasteiger partial charge in [0.05, 0.1) is 17.2 Å². The third-order valence-corrected chi connectivity index (χ3v) is 5.92. The molecule has 3 nitrogen and oxygen atoms in total. The molecular formula is C23H30BrCl2NO2. The maximum absolute atomic E-state index is 6.09. The van der Waals surface area contributed by atoms with E-state index in [1.54, 1.807) is 19.2 Å². The van der Waals surface area contributed by atoms with Crippen LogP contribution in [-0.4, -0.2) is 12.6 Å². The Balaban J connectivity index is 2.11. The van der Waals surface area contributed by atoms with E-state index in [1.165, 1.54) is 0 Å². The number of hydrogen-bond acceptors (Lipinski definition) is 3. The maximum Gasteiger partial charge on any atom is 0.162 e. The van der Waals surface area contributed by atoms with Gasteiger partial charge < -0.3 is 14.8 Å². The van der Waals surface area contributed by atoms with Crippen LogP contribution in [0.25, 0.3) is 0 Å². The summed E-state index contributed by atoms with van der Waals surface area (Å²) in [5.41, 5.74) is 2.33. The Hall–Kier alpha value is -0.940. The highest BCUT2D eigenvalue weighted by Gasteiger charge is 2.25. The number of rotatable bonds is 8. The summed E-state index contributed by atoms with van der Waals surface area (Å²) < 4.78 is 12.5. The first-order valence-electron chi connectivity index (χ1n) is 9.58. The van der Waals surface area contributed by atoms with Crippen LogP contribution in [0.5, 0.6) is 11.5 Å². The van der Waals surface area contributed by atoms with Crippen LogP contribution < -0.4 is 14.8 Å². The summed E-state index contributed by atoms with van der Waals surface area (Å²) in [5.74, 6) is 1.36. The van der Waals surface area contributed by atoms with Crippen molar-refractivity contribution in [2.24, 2.45) is 5.41 Å². The Bertz CT molecular complexity index is 848. The molecule has 160 valence electrons. The fourth-order valence-corrected chi connectivity index (χ4v) is 4.28. The topological polar surface area (TPSA) is 30.5 Å². The van der Waals surface area contributed by atoms with Crippen molar-refractivity contribution in [3.63, 3.8) is 0 Å². The van der Waals surface area contributed by atoms with Gasteiger partial charge in [0.2, 0.25) is 0 Å². The van der Waals surface area contributed by atoms with Gasteiger partial charge in [-0.05, 0) is 61.1 Å². The number of nitrogens with one attached hydrogen (secondary N) is 1. The van der Waals surface area contributed by atoms with E-state index in [1.807, 2.05) is 18.2 Å². The Morgan fingerprint density at radius 1 is 0.966 bits per heavy atom. The quantitative estimate of drug-likeness (QED) is 0.402. The summed E-state index contributed by atoms with van der Waals surface area (Å²) in [6.45, 7) is 12.3. The van der Waals surface area contributed by atoms with Crippen LogP contribution in [0, 0.1) is 5.41 Å². The first-order valence-corrected chi connectivity index (χ1v) is 11.1. The fourth-order valence-electron chi connectivity index (χ4n) is 3.50. The Morgan fingerprint density at radius 3 is 2.24 bits per heavy atom. The van der Waals surface area contributed by atoms with E-state index in [9.17, 15) is 0 Å². The summed E-state index contributed by atoms with van der Waals surface area (Å²) in [5, 5.41) is 4.70. The van der Waals surface area contributed by atoms with E-state index in [4.69, 9.17) is 32.7 Å². The van der Waals surface area contributed by atoms with Crippen LogP contribution >= 0.6 is 39.1 Å². The van der Waals surface area contributed by atoms with Gasteiger partial charge in [-0.15, -0.1) is 0 Å². The second kappa shape index (κ2) is 9.91. The first-order chi connectivity index (χ1) is 13.4. The molecule has 0 fully saturated rings. The summed E-state index contributed by atoms with van der Waals surface area (Å²) in [6.07, 6.45) is 1.07. The zero-order valence-corrected chi connectivity index (χ0v) is 21.1. The first kappa shape index (κ1) is 24.3. The molecule has 0 heterocycles. The van der Waals surface area contributed by atoms with Gasteiger partial charge >= 0.3 is 0 Å². The number of benzene rings is 2. The lowest BCUT2D eigenvalue weighted by atomic mass is 9.82. The van der Waals surface area contributed by atoms with E-state index in [0.717, 1.165) is 28.6 Å². The molecule has 0 saturated heterocycles. The predicted octanol–water partition coefficient (Wildman–Crippen LogP) is 7.65. The highest BCUT2D eigenvalue weighted by atomic mass is 79.9. The third kappa shape index (κ3) is 7.67. The van der Waals surface area contributed by atoms with Gasteiger partial charge in [0.1, 0.15) is 6.61 Å². The second-order valence-corrected chi connectivity index (χ2v) is 10.8. The SMILES string of the molecule is COc1cc(CNC(C)(C)CC(C)(C)C)c(Br)cc1OCc1ccc(Cl)c(Cl)c1. The molecular weight excluding hydrogens is 473 g/mol. The monoisotopic (exact) mass is 501 g/mol. The van der Waals surface area contributed by atoms with Gasteiger partial charge in [-0.2, -0.15) is 0 Å². The largest absolute Gasteiger partial charge is 0.493 e. The lowest BCUT2D eigenvalue weighted by molar-refractivity contribution is 0.240. The molecule has 2 aromatic carbocycles. The van der Waals surface area contributed by atoms with E-state index in [-0.39, 0.29) is 11.0 Å². The predicted molar refractivity (Wildman–Crippen MR) is 126 cm³/mol. The summed E-state index contributed by atoms with van der Waals surface area (Å²) >= 11 is 15.7. The van der Waals surface area contributed by atoms with Gasteiger partial charge in [0.25, 0.3) is 0 Å². The van der Waals surface area contributed by atoms with Gasteiger partial charge in [0, 0.05) is 16.6 Å². The summed E-state index contributed by atoms with van der Waals surface area (Å²) in [4.78, 5) is 0. The lowest BCUT2D eigenvalue weighted by Gasteiger charge is -2.33. The molecule has 0 aromatic heterocycles. The van der Waals surface area contributed by atoms with Crippen molar-refractivity contribution in [1.82, 2.24) is 5.32 Å². The molecule has 6 heteroatoms. The van der Waals surface area contributed by atoms with Gasteiger partial charge in [0.15, 0.2) is 11.5 Å². The van der Waals surface area contributed by atoms with Crippen molar-refractivity contribution in [2.45, 2.75) is 59.7 Å². The van der Waals surface area contributed by atoms with Crippen LogP contribution in [0.1, 0.15) is 52.2 Å². The van der Waals surface area contributed by atoms with Crippen molar-refractivity contribution in [1.29, 1.82) is 0 Å². The molecule has 2 rings (SSSR count). The molecule has 2 aromatic rings. The molecule has 0 saturated carbocycles. The zero-order chi connectivity index (χ0) is 21.8. The van der Waals surface area contributed by atoms with E-state index in [2.05, 4.69) is 55.9 Å². The molecule has 0 amide bonds. The lowest BCUT2D eigenvalue weighted by Crippen LogP contribution is -2.41. The Kier molecular flexibility index (Phi) is 8.32. The van der Waals surface area contributed by atoms with Crippen LogP contribution in [0.4, 0.5) is 0 Å². The molecule has 1 N–H and O–H groups in total. The van der Waals surface area contributed by atoms with E-state index < -0.39 is 0 Å². The Labute approximate surface area is 193 Å². The van der Waals surface area contributed by atoms with Gasteiger partial charge in [-0.1, -0.05) is 66.0 Å². The third-order valence-electron chi connectivity index (χ3n) is 4.44. The molecule has 0 aliphatic heterocycles. The second-order valence-electron chi connectivity index (χ2n) is 9.11. The average molecular weight is 503 g/mol.